The van der Waals surface area contributed by atoms with Crippen molar-refractivity contribution >= 4 is 25.4 Å². The molecule has 1 aromatic rings. The zero-order valence-electron chi connectivity index (χ0n) is 17.1. The van der Waals surface area contributed by atoms with Crippen LogP contribution in [0.4, 0.5) is 0 Å². The molecule has 4 atom stereocenters. The fourth-order valence-electron chi connectivity index (χ4n) is 4.63. The zero-order chi connectivity index (χ0) is 20.2. The molecule has 3 N–H and O–H groups in total. The molecule has 0 heterocycles. The summed E-state index contributed by atoms with van der Waals surface area (Å²) >= 11 is 0. The molecule has 2 saturated carbocycles. The van der Waals surface area contributed by atoms with Crippen LogP contribution < -0.4 is 16.0 Å². The van der Waals surface area contributed by atoms with E-state index in [1.807, 2.05) is 25.1 Å². The largest absolute Gasteiger partial charge is 2.00 e. The molecule has 152 valence electrons. The van der Waals surface area contributed by atoms with E-state index in [1.54, 1.807) is 7.05 Å². The fraction of sp³-hybridized carbons (Fsp3) is 0.600. The van der Waals surface area contributed by atoms with Crippen molar-refractivity contribution in [3.63, 3.8) is 0 Å². The Balaban J connectivity index is 0.000000271. The van der Waals surface area contributed by atoms with Crippen molar-refractivity contribution in [3.8, 4) is 0 Å². The quantitative estimate of drug-likeness (QED) is 0.273. The number of aliphatic hydroxyl groups excluding tert-OH is 1. The smallest absolute Gasteiger partial charge is 0.712 e. The van der Waals surface area contributed by atoms with Gasteiger partial charge in [0.15, 0.2) is 0 Å². The first-order valence-corrected chi connectivity index (χ1v) is 9.29. The van der Waals surface area contributed by atoms with Gasteiger partial charge in [0.05, 0.1) is 12.1 Å². The Morgan fingerprint density at radius 1 is 1.39 bits per heavy atom. The molecule has 0 aromatic heterocycles. The summed E-state index contributed by atoms with van der Waals surface area (Å²) in [4.78, 5) is 20.5. The summed E-state index contributed by atoms with van der Waals surface area (Å²) < 4.78 is 4.67. The average Bonchev–Trinajstić information content (AvgIpc) is 2.95. The van der Waals surface area contributed by atoms with Gasteiger partial charge in [-0.1, -0.05) is 34.2 Å². The van der Waals surface area contributed by atoms with Crippen molar-refractivity contribution in [2.45, 2.75) is 52.7 Å². The van der Waals surface area contributed by atoms with E-state index in [2.05, 4.69) is 42.0 Å². The molecular weight excluding hydrogens is 527 g/mol. The van der Waals surface area contributed by atoms with E-state index < -0.39 is 7.05 Å². The number of hydrogen-bond acceptors (Lipinski definition) is 5. The third-order valence-corrected chi connectivity index (χ3v) is 6.76. The van der Waals surface area contributed by atoms with Crippen LogP contribution >= 0.6 is 0 Å². The monoisotopic (exact) mass is 556 g/mol. The number of fused-ring (bicyclic) bond motifs is 2. The van der Waals surface area contributed by atoms with Crippen LogP contribution in [0.1, 0.15) is 39.2 Å². The van der Waals surface area contributed by atoms with E-state index >= 15 is 0 Å². The predicted molar refractivity (Wildman–Crippen MR) is 105 cm³/mol. The third-order valence-electron chi connectivity index (χ3n) is 6.76. The summed E-state index contributed by atoms with van der Waals surface area (Å²) in [6.07, 6.45) is 2.52. The molecule has 2 bridgehead atoms. The first kappa shape index (κ1) is 24.9. The molecule has 2 fully saturated rings. The van der Waals surface area contributed by atoms with Gasteiger partial charge in [-0.15, -0.1) is 5.46 Å². The minimum Gasteiger partial charge on any atom is -0.712 e. The molecule has 4 unspecified atom stereocenters. The minimum atomic E-state index is -0.460. The van der Waals surface area contributed by atoms with Crippen LogP contribution in [0.25, 0.3) is 0 Å². The topological polar surface area (TPSA) is 87.7 Å². The normalized spacial score (nSPS) is 29.0. The summed E-state index contributed by atoms with van der Waals surface area (Å²) in [6.45, 7) is 9.93. The summed E-state index contributed by atoms with van der Waals surface area (Å²) in [5, 5.41) is 15.8. The van der Waals surface area contributed by atoms with Crippen molar-refractivity contribution in [1.29, 1.82) is 0 Å². The number of carbonyl (C=O) groups excluding carboxylic acids is 2. The number of aryl methyl sites for hydroxylation is 1. The van der Waals surface area contributed by atoms with Gasteiger partial charge < -0.3 is 25.1 Å². The van der Waals surface area contributed by atoms with E-state index in [1.165, 1.54) is 6.47 Å². The van der Waals surface area contributed by atoms with Crippen LogP contribution in [0, 0.1) is 29.7 Å². The van der Waals surface area contributed by atoms with Gasteiger partial charge in [-0.3, -0.25) is 4.79 Å². The van der Waals surface area contributed by atoms with Crippen molar-refractivity contribution in [3.05, 3.63) is 29.8 Å². The van der Waals surface area contributed by atoms with Crippen LogP contribution in [0.15, 0.2) is 18.2 Å². The van der Waals surface area contributed by atoms with E-state index in [0.717, 1.165) is 23.9 Å². The van der Waals surface area contributed by atoms with Crippen molar-refractivity contribution in [2.75, 3.05) is 7.05 Å². The zero-order valence-corrected chi connectivity index (χ0v) is 20.0. The van der Waals surface area contributed by atoms with Gasteiger partial charge in [0, 0.05) is 5.41 Å². The summed E-state index contributed by atoms with van der Waals surface area (Å²) in [5.74, 6) is 0.424. The van der Waals surface area contributed by atoms with E-state index in [9.17, 15) is 14.7 Å². The molecule has 1 amide bonds. The van der Waals surface area contributed by atoms with Crippen LogP contribution in [0.2, 0.25) is 0 Å². The Labute approximate surface area is 182 Å². The maximum absolute atomic E-state index is 10.5. The van der Waals surface area contributed by atoms with Gasteiger partial charge in [0.25, 0.3) is 0 Å². The second-order valence-electron chi connectivity index (χ2n) is 8.23. The molecular formula is C20H29BN2O4W. The van der Waals surface area contributed by atoms with Gasteiger partial charge in [0.1, 0.15) is 0 Å². The van der Waals surface area contributed by atoms with Gasteiger partial charge in [-0.05, 0) is 31.2 Å². The molecule has 2 aliphatic rings. The van der Waals surface area contributed by atoms with Crippen LogP contribution in [0.5, 0.6) is 0 Å². The van der Waals surface area contributed by atoms with Gasteiger partial charge in [0.2, 0.25) is 6.41 Å². The molecule has 1 aromatic carbocycles. The third kappa shape index (κ3) is 4.52. The van der Waals surface area contributed by atoms with E-state index in [-0.39, 0.29) is 44.0 Å². The number of benzene rings is 1. The standard InChI is InChI=1S/C11H19NO2.C9H10BNO2.W/c1-10(2)7-4-5-11(10,3)9(14)8(7)12-6-13;1-8-3-5-9(6-4-8)10(11-2)13-7-12;/h6-9,14H,4-5H2,1-3H3,(H,12,13);3-5,11H,1-2H3;/q;-2;+2. The second kappa shape index (κ2) is 10.0. The molecule has 28 heavy (non-hydrogen) atoms. The number of amides is 1. The molecule has 2 aliphatic carbocycles. The molecule has 8 heteroatoms. The number of carbonyl (C=O) groups is 1. The maximum Gasteiger partial charge on any atom is 2.00 e. The average molecular weight is 556 g/mol. The second-order valence-corrected chi connectivity index (χ2v) is 8.23. The number of nitrogens with one attached hydrogen (secondary N) is 2. The van der Waals surface area contributed by atoms with Crippen molar-refractivity contribution < 1.29 is 40.4 Å². The Hall–Kier alpha value is -1.17. The van der Waals surface area contributed by atoms with Crippen molar-refractivity contribution in [2.24, 2.45) is 16.7 Å². The number of aliphatic hydroxyl groups is 1. The predicted octanol–water partition coefficient (Wildman–Crippen LogP) is 0.709. The van der Waals surface area contributed by atoms with E-state index in [4.69, 9.17) is 0 Å². The molecule has 6 nitrogen and oxygen atoms in total. The van der Waals surface area contributed by atoms with Crippen LogP contribution in [0.3, 0.4) is 0 Å². The molecule has 0 spiro atoms. The molecule has 3 rings (SSSR count). The Morgan fingerprint density at radius 2 is 2.07 bits per heavy atom. The maximum atomic E-state index is 10.5. The van der Waals surface area contributed by atoms with Crippen molar-refractivity contribution in [1.82, 2.24) is 10.5 Å². The first-order chi connectivity index (χ1) is 12.7. The van der Waals surface area contributed by atoms with Gasteiger partial charge in [-0.2, -0.15) is 29.8 Å². The fourth-order valence-corrected chi connectivity index (χ4v) is 4.63. The minimum absolute atomic E-state index is 0. The van der Waals surface area contributed by atoms with Crippen LogP contribution in [-0.2, 0) is 35.3 Å². The summed E-state index contributed by atoms with van der Waals surface area (Å²) in [5.41, 5.74) is 2.01. The number of rotatable bonds is 6. The molecule has 0 saturated heterocycles. The summed E-state index contributed by atoms with van der Waals surface area (Å²) in [7, 11) is 1.24. The summed E-state index contributed by atoms with van der Waals surface area (Å²) in [6, 6.07) is 8.60. The molecule has 0 radical (unpaired) electrons. The Kier molecular flexibility index (Phi) is 8.92. The van der Waals surface area contributed by atoms with Gasteiger partial charge >= 0.3 is 28.1 Å². The SMILES string of the molecule is CC1(C)C2CCC1(C)C(O)C2NC=O.CNB(O[C-]=O)c1[c-]cc(C)cc1.[W+2]. The first-order valence-electron chi connectivity index (χ1n) is 9.29. The van der Waals surface area contributed by atoms with Gasteiger partial charge in [-0.25, -0.2) is 0 Å². The molecule has 0 aliphatic heterocycles. The van der Waals surface area contributed by atoms with E-state index in [0.29, 0.717) is 12.3 Å². The Morgan fingerprint density at radius 3 is 2.50 bits per heavy atom. The van der Waals surface area contributed by atoms with Crippen LogP contribution in [-0.4, -0.2) is 44.2 Å². The number of hydrogen-bond donors (Lipinski definition) is 3. The Bertz CT molecular complexity index is 658.